The molecule has 0 spiro atoms. The second-order valence-electron chi connectivity index (χ2n) is 4.43. The van der Waals surface area contributed by atoms with Crippen molar-refractivity contribution in [2.75, 3.05) is 18.8 Å². The van der Waals surface area contributed by atoms with Crippen molar-refractivity contribution in [1.82, 2.24) is 4.90 Å². The zero-order valence-corrected chi connectivity index (χ0v) is 12.1. The minimum absolute atomic E-state index is 0.0115. The first-order valence-corrected chi connectivity index (χ1v) is 8.25. The zero-order chi connectivity index (χ0) is 13.1. The van der Waals surface area contributed by atoms with E-state index in [9.17, 15) is 4.79 Å². The average Bonchev–Trinajstić information content (AvgIpc) is 3.08. The Kier molecular flexibility index (Phi) is 3.94. The Balaban J connectivity index is 1.66. The van der Waals surface area contributed by atoms with Gasteiger partial charge in [-0.3, -0.25) is 4.79 Å². The quantitative estimate of drug-likeness (QED) is 0.847. The summed E-state index contributed by atoms with van der Waals surface area (Å²) in [5, 5.41) is 2.64. The molecule has 1 unspecified atom stereocenters. The monoisotopic (exact) mass is 293 g/mol. The smallest absolute Gasteiger partial charge is 0.289 e. The highest BCUT2D eigenvalue weighted by atomic mass is 32.2. The molecule has 0 radical (unpaired) electrons. The third kappa shape index (κ3) is 2.87. The molecule has 1 fully saturated rings. The summed E-state index contributed by atoms with van der Waals surface area (Å²) in [6.07, 6.45) is 2.56. The number of carbonyl (C=O) groups is 1. The van der Waals surface area contributed by atoms with Crippen LogP contribution in [0.1, 0.15) is 27.1 Å². The fourth-order valence-electron chi connectivity index (χ4n) is 2.23. The standard InChI is InChI=1S/C14H15NO2S2/c16-14(11-3-1-8-17-11)15-6-5-13(19-10-7-15)12-4-2-9-18-12/h1-4,8-9,13H,5-7,10H2. The Morgan fingerprint density at radius 2 is 2.26 bits per heavy atom. The minimum atomic E-state index is 0.0115. The molecule has 0 aromatic carbocycles. The Morgan fingerprint density at radius 1 is 1.32 bits per heavy atom. The van der Waals surface area contributed by atoms with Crippen LogP contribution in [0.15, 0.2) is 40.3 Å². The highest BCUT2D eigenvalue weighted by Gasteiger charge is 2.24. The first-order valence-electron chi connectivity index (χ1n) is 6.32. The van der Waals surface area contributed by atoms with Crippen LogP contribution in [0.2, 0.25) is 0 Å². The Labute approximate surface area is 120 Å². The van der Waals surface area contributed by atoms with Crippen LogP contribution in [0.5, 0.6) is 0 Å². The fourth-order valence-corrected chi connectivity index (χ4v) is 4.47. The van der Waals surface area contributed by atoms with Crippen molar-refractivity contribution in [3.8, 4) is 0 Å². The molecule has 1 atom stereocenters. The van der Waals surface area contributed by atoms with Crippen molar-refractivity contribution in [3.05, 3.63) is 46.5 Å². The van der Waals surface area contributed by atoms with E-state index in [0.717, 1.165) is 25.3 Å². The molecule has 3 rings (SSSR count). The van der Waals surface area contributed by atoms with Gasteiger partial charge in [0.25, 0.3) is 5.91 Å². The summed E-state index contributed by atoms with van der Waals surface area (Å²) in [7, 11) is 0. The molecule has 2 aromatic heterocycles. The first-order chi connectivity index (χ1) is 9.34. The maximum absolute atomic E-state index is 12.2. The molecular weight excluding hydrogens is 278 g/mol. The number of nitrogens with zero attached hydrogens (tertiary/aromatic N) is 1. The van der Waals surface area contributed by atoms with Gasteiger partial charge in [-0.05, 0) is 30.0 Å². The molecular formula is C14H15NO2S2. The summed E-state index contributed by atoms with van der Waals surface area (Å²) in [5.74, 6) is 1.44. The van der Waals surface area contributed by atoms with E-state index in [1.165, 1.54) is 4.88 Å². The molecule has 0 N–H and O–H groups in total. The van der Waals surface area contributed by atoms with Gasteiger partial charge in [0.15, 0.2) is 5.76 Å². The fraction of sp³-hybridized carbons (Fsp3) is 0.357. The normalized spacial score (nSPS) is 20.2. The molecule has 3 nitrogen and oxygen atoms in total. The molecule has 1 aliphatic heterocycles. The summed E-state index contributed by atoms with van der Waals surface area (Å²) in [6.45, 7) is 1.60. The number of furan rings is 1. The topological polar surface area (TPSA) is 33.5 Å². The van der Waals surface area contributed by atoms with E-state index >= 15 is 0 Å². The molecule has 1 amide bonds. The number of thioether (sulfide) groups is 1. The highest BCUT2D eigenvalue weighted by molar-refractivity contribution is 7.99. The zero-order valence-electron chi connectivity index (χ0n) is 10.5. The van der Waals surface area contributed by atoms with Gasteiger partial charge in [-0.25, -0.2) is 0 Å². The van der Waals surface area contributed by atoms with Crippen LogP contribution in [-0.2, 0) is 0 Å². The predicted molar refractivity (Wildman–Crippen MR) is 78.7 cm³/mol. The lowest BCUT2D eigenvalue weighted by Crippen LogP contribution is -2.32. The van der Waals surface area contributed by atoms with Gasteiger partial charge >= 0.3 is 0 Å². The molecule has 100 valence electrons. The van der Waals surface area contributed by atoms with Crippen LogP contribution in [0, 0.1) is 0 Å². The number of hydrogen-bond donors (Lipinski definition) is 0. The van der Waals surface area contributed by atoms with Crippen molar-refractivity contribution in [2.45, 2.75) is 11.7 Å². The van der Waals surface area contributed by atoms with E-state index in [2.05, 4.69) is 17.5 Å². The lowest BCUT2D eigenvalue weighted by Gasteiger charge is -2.18. The molecule has 1 saturated heterocycles. The lowest BCUT2D eigenvalue weighted by atomic mass is 10.2. The van der Waals surface area contributed by atoms with Gasteiger partial charge in [-0.2, -0.15) is 11.8 Å². The number of hydrogen-bond acceptors (Lipinski definition) is 4. The van der Waals surface area contributed by atoms with Crippen LogP contribution in [-0.4, -0.2) is 29.6 Å². The maximum Gasteiger partial charge on any atom is 0.289 e. The van der Waals surface area contributed by atoms with Gasteiger partial charge in [-0.15, -0.1) is 11.3 Å². The molecule has 19 heavy (non-hydrogen) atoms. The SMILES string of the molecule is O=C(c1ccco1)N1CCSC(c2cccs2)CC1. The van der Waals surface area contributed by atoms with Crippen molar-refractivity contribution in [3.63, 3.8) is 0 Å². The van der Waals surface area contributed by atoms with E-state index in [1.54, 1.807) is 29.7 Å². The first kappa shape index (κ1) is 12.8. The number of amides is 1. The highest BCUT2D eigenvalue weighted by Crippen LogP contribution is 2.36. The molecule has 3 heterocycles. The van der Waals surface area contributed by atoms with Gasteiger partial charge in [0, 0.05) is 29.0 Å². The van der Waals surface area contributed by atoms with E-state index in [1.807, 2.05) is 16.7 Å². The summed E-state index contributed by atoms with van der Waals surface area (Å²) < 4.78 is 5.19. The lowest BCUT2D eigenvalue weighted by molar-refractivity contribution is 0.0735. The van der Waals surface area contributed by atoms with Crippen LogP contribution in [0.25, 0.3) is 0 Å². The van der Waals surface area contributed by atoms with Crippen LogP contribution < -0.4 is 0 Å². The Hall–Kier alpha value is -1.20. The number of thiophene rings is 1. The number of carbonyl (C=O) groups excluding carboxylic acids is 1. The molecule has 0 saturated carbocycles. The third-order valence-electron chi connectivity index (χ3n) is 3.22. The molecule has 0 bridgehead atoms. The minimum Gasteiger partial charge on any atom is -0.459 e. The largest absolute Gasteiger partial charge is 0.459 e. The van der Waals surface area contributed by atoms with Crippen molar-refractivity contribution in [2.24, 2.45) is 0 Å². The summed E-state index contributed by atoms with van der Waals surface area (Å²) >= 11 is 3.75. The van der Waals surface area contributed by atoms with Crippen molar-refractivity contribution < 1.29 is 9.21 Å². The summed E-state index contributed by atoms with van der Waals surface area (Å²) in [6, 6.07) is 7.77. The Bertz CT molecular complexity index is 522. The number of rotatable bonds is 2. The summed E-state index contributed by atoms with van der Waals surface area (Å²) in [5.41, 5.74) is 0. The molecule has 2 aromatic rings. The summed E-state index contributed by atoms with van der Waals surface area (Å²) in [4.78, 5) is 15.5. The van der Waals surface area contributed by atoms with Crippen molar-refractivity contribution in [1.29, 1.82) is 0 Å². The van der Waals surface area contributed by atoms with Gasteiger partial charge in [0.1, 0.15) is 0 Å². The molecule has 5 heteroatoms. The van der Waals surface area contributed by atoms with Gasteiger partial charge in [0.2, 0.25) is 0 Å². The Morgan fingerprint density at radius 3 is 3.00 bits per heavy atom. The van der Waals surface area contributed by atoms with Crippen LogP contribution >= 0.6 is 23.1 Å². The van der Waals surface area contributed by atoms with Crippen LogP contribution in [0.4, 0.5) is 0 Å². The van der Waals surface area contributed by atoms with Crippen LogP contribution in [0.3, 0.4) is 0 Å². The predicted octanol–water partition coefficient (Wildman–Crippen LogP) is 3.66. The average molecular weight is 293 g/mol. The molecule has 1 aliphatic rings. The van der Waals surface area contributed by atoms with Gasteiger partial charge < -0.3 is 9.32 Å². The maximum atomic E-state index is 12.2. The van der Waals surface area contributed by atoms with Crippen molar-refractivity contribution >= 4 is 29.0 Å². The second kappa shape index (κ2) is 5.84. The van der Waals surface area contributed by atoms with E-state index in [4.69, 9.17) is 4.42 Å². The van der Waals surface area contributed by atoms with Gasteiger partial charge in [-0.1, -0.05) is 6.07 Å². The van der Waals surface area contributed by atoms with E-state index in [0.29, 0.717) is 11.0 Å². The molecule has 0 aliphatic carbocycles. The van der Waals surface area contributed by atoms with E-state index in [-0.39, 0.29) is 5.91 Å². The second-order valence-corrected chi connectivity index (χ2v) is 6.72. The van der Waals surface area contributed by atoms with Gasteiger partial charge in [0.05, 0.1) is 6.26 Å². The third-order valence-corrected chi connectivity index (χ3v) is 5.67. The van der Waals surface area contributed by atoms with E-state index < -0.39 is 0 Å².